The van der Waals surface area contributed by atoms with Gasteiger partial charge in [0.05, 0.1) is 5.69 Å². The van der Waals surface area contributed by atoms with Crippen LogP contribution in [-0.4, -0.2) is 27.8 Å². The molecule has 0 bridgehead atoms. The molecule has 2 aromatic rings. The molecule has 1 amide bonds. The van der Waals surface area contributed by atoms with Crippen LogP contribution >= 0.6 is 11.6 Å². The number of amides is 1. The van der Waals surface area contributed by atoms with Crippen LogP contribution < -0.4 is 5.32 Å². The number of esters is 1. The Kier molecular flexibility index (Phi) is 6.67. The second-order valence-electron chi connectivity index (χ2n) is 7.64. The molecule has 1 unspecified atom stereocenters. The highest BCUT2D eigenvalue weighted by Crippen LogP contribution is 2.23. The van der Waals surface area contributed by atoms with Gasteiger partial charge in [-0.1, -0.05) is 44.5 Å². The van der Waals surface area contributed by atoms with Gasteiger partial charge in [-0.25, -0.2) is 4.79 Å². The molecule has 0 spiro atoms. The molecule has 1 heterocycles. The fraction of sp³-hybridized carbons (Fsp3) is 0.381. The number of aromatic nitrogens is 2. The van der Waals surface area contributed by atoms with Crippen LogP contribution in [0.15, 0.2) is 30.3 Å². The highest BCUT2D eigenvalue weighted by Gasteiger charge is 2.18. The molecule has 0 aliphatic rings. The van der Waals surface area contributed by atoms with E-state index in [0.29, 0.717) is 22.1 Å². The Labute approximate surface area is 170 Å². The van der Waals surface area contributed by atoms with Crippen LogP contribution in [0.4, 0.5) is 5.69 Å². The van der Waals surface area contributed by atoms with Gasteiger partial charge in [-0.3, -0.25) is 9.48 Å². The summed E-state index contributed by atoms with van der Waals surface area (Å²) in [6, 6.07) is 7.60. The number of hydrogen-bond acceptors (Lipinski definition) is 4. The van der Waals surface area contributed by atoms with Crippen molar-refractivity contribution < 1.29 is 14.3 Å². The number of hydrogen-bond donors (Lipinski definition) is 1. The first-order chi connectivity index (χ1) is 13.0. The van der Waals surface area contributed by atoms with Gasteiger partial charge >= 0.3 is 5.97 Å². The lowest BCUT2D eigenvalue weighted by Gasteiger charge is -2.19. The van der Waals surface area contributed by atoms with E-state index < -0.39 is 18.0 Å². The molecule has 2 rings (SSSR count). The minimum Gasteiger partial charge on any atom is -0.449 e. The van der Waals surface area contributed by atoms with E-state index in [2.05, 4.69) is 31.2 Å². The van der Waals surface area contributed by atoms with Gasteiger partial charge in [0, 0.05) is 24.4 Å². The van der Waals surface area contributed by atoms with Gasteiger partial charge < -0.3 is 10.1 Å². The van der Waals surface area contributed by atoms with Crippen molar-refractivity contribution in [2.45, 2.75) is 46.1 Å². The standard InChI is InChI=1S/C21H26ClN3O3/c1-13-17(19(22)25(6)24-13)11-12-18(26)28-14(2)20(27)23-16-9-7-15(8-10-16)21(3,4)5/h7-12,14H,1-6H3,(H,23,27)/b12-11+. The lowest BCUT2D eigenvalue weighted by atomic mass is 9.87. The average Bonchev–Trinajstić information content (AvgIpc) is 2.84. The summed E-state index contributed by atoms with van der Waals surface area (Å²) in [6.45, 7) is 9.67. The minimum absolute atomic E-state index is 0.0349. The third-order valence-electron chi connectivity index (χ3n) is 4.26. The first kappa shape index (κ1) is 21.7. The number of nitrogens with zero attached hydrogens (tertiary/aromatic N) is 2. The molecule has 1 atom stereocenters. The van der Waals surface area contributed by atoms with Crippen LogP contribution in [0.25, 0.3) is 6.08 Å². The van der Waals surface area contributed by atoms with Crippen molar-refractivity contribution in [3.8, 4) is 0 Å². The Balaban J connectivity index is 1.94. The van der Waals surface area contributed by atoms with Gasteiger partial charge in [0.15, 0.2) is 6.10 Å². The summed E-state index contributed by atoms with van der Waals surface area (Å²) in [5.41, 5.74) is 3.18. The molecular formula is C21H26ClN3O3. The predicted molar refractivity (Wildman–Crippen MR) is 111 cm³/mol. The Morgan fingerprint density at radius 2 is 1.86 bits per heavy atom. The van der Waals surface area contributed by atoms with Crippen molar-refractivity contribution >= 4 is 35.2 Å². The molecule has 0 saturated carbocycles. The number of carbonyl (C=O) groups is 2. The third-order valence-corrected chi connectivity index (χ3v) is 4.71. The van der Waals surface area contributed by atoms with E-state index in [0.717, 1.165) is 0 Å². The summed E-state index contributed by atoms with van der Waals surface area (Å²) >= 11 is 6.12. The second-order valence-corrected chi connectivity index (χ2v) is 8.00. The lowest BCUT2D eigenvalue weighted by molar-refractivity contribution is -0.148. The van der Waals surface area contributed by atoms with Crippen molar-refractivity contribution in [2.75, 3.05) is 5.32 Å². The van der Waals surface area contributed by atoms with Gasteiger partial charge in [-0.2, -0.15) is 5.10 Å². The monoisotopic (exact) mass is 403 g/mol. The minimum atomic E-state index is -0.940. The first-order valence-electron chi connectivity index (χ1n) is 8.98. The Bertz CT molecular complexity index is 893. The number of carbonyl (C=O) groups excluding carboxylic acids is 2. The maximum atomic E-state index is 12.3. The normalized spacial score (nSPS) is 12.8. The van der Waals surface area contributed by atoms with Crippen LogP contribution in [0.1, 0.15) is 44.5 Å². The fourth-order valence-corrected chi connectivity index (χ4v) is 2.79. The van der Waals surface area contributed by atoms with E-state index >= 15 is 0 Å². The van der Waals surface area contributed by atoms with Crippen LogP contribution in [-0.2, 0) is 26.8 Å². The third kappa shape index (κ3) is 5.45. The van der Waals surface area contributed by atoms with E-state index in [4.69, 9.17) is 16.3 Å². The Hall–Kier alpha value is -2.60. The number of aryl methyl sites for hydroxylation is 2. The summed E-state index contributed by atoms with van der Waals surface area (Å²) in [5, 5.41) is 7.33. The molecule has 0 fully saturated rings. The van der Waals surface area contributed by atoms with Crippen molar-refractivity contribution in [3.05, 3.63) is 52.3 Å². The zero-order chi connectivity index (χ0) is 21.1. The number of rotatable bonds is 5. The lowest BCUT2D eigenvalue weighted by Crippen LogP contribution is -2.29. The number of halogens is 1. The van der Waals surface area contributed by atoms with Crippen LogP contribution in [0, 0.1) is 6.92 Å². The summed E-state index contributed by atoms with van der Waals surface area (Å²) in [6.07, 6.45) is 1.82. The van der Waals surface area contributed by atoms with Crippen molar-refractivity contribution in [2.24, 2.45) is 7.05 Å². The molecule has 1 N–H and O–H groups in total. The van der Waals surface area contributed by atoms with E-state index in [1.165, 1.54) is 29.3 Å². The average molecular weight is 404 g/mol. The van der Waals surface area contributed by atoms with E-state index in [1.807, 2.05) is 24.3 Å². The molecule has 150 valence electrons. The van der Waals surface area contributed by atoms with Gasteiger partial charge in [0.2, 0.25) is 0 Å². The topological polar surface area (TPSA) is 73.2 Å². The molecule has 28 heavy (non-hydrogen) atoms. The molecule has 0 radical (unpaired) electrons. The van der Waals surface area contributed by atoms with Crippen molar-refractivity contribution in [1.29, 1.82) is 0 Å². The van der Waals surface area contributed by atoms with Crippen LogP contribution in [0.3, 0.4) is 0 Å². The highest BCUT2D eigenvalue weighted by molar-refractivity contribution is 6.31. The molecular weight excluding hydrogens is 378 g/mol. The van der Waals surface area contributed by atoms with Gasteiger partial charge in [0.25, 0.3) is 5.91 Å². The quantitative estimate of drug-likeness (QED) is 0.597. The fourth-order valence-electron chi connectivity index (χ4n) is 2.55. The molecule has 0 aliphatic carbocycles. The van der Waals surface area contributed by atoms with E-state index in [1.54, 1.807) is 14.0 Å². The summed E-state index contributed by atoms with van der Waals surface area (Å²) < 4.78 is 6.68. The van der Waals surface area contributed by atoms with Gasteiger partial charge in [-0.15, -0.1) is 0 Å². The zero-order valence-corrected chi connectivity index (χ0v) is 17.8. The molecule has 1 aromatic carbocycles. The van der Waals surface area contributed by atoms with E-state index in [9.17, 15) is 9.59 Å². The second kappa shape index (κ2) is 8.61. The number of anilines is 1. The van der Waals surface area contributed by atoms with Gasteiger partial charge in [0.1, 0.15) is 5.15 Å². The largest absolute Gasteiger partial charge is 0.449 e. The number of ether oxygens (including phenoxy) is 1. The number of benzene rings is 1. The summed E-state index contributed by atoms with van der Waals surface area (Å²) in [5.74, 6) is -1.04. The molecule has 1 aromatic heterocycles. The molecule has 6 nitrogen and oxygen atoms in total. The zero-order valence-electron chi connectivity index (χ0n) is 17.0. The summed E-state index contributed by atoms with van der Waals surface area (Å²) in [7, 11) is 1.71. The maximum Gasteiger partial charge on any atom is 0.331 e. The predicted octanol–water partition coefficient (Wildman–Crippen LogP) is 4.26. The van der Waals surface area contributed by atoms with Crippen molar-refractivity contribution in [1.82, 2.24) is 9.78 Å². The number of nitrogens with one attached hydrogen (secondary N) is 1. The smallest absolute Gasteiger partial charge is 0.331 e. The summed E-state index contributed by atoms with van der Waals surface area (Å²) in [4.78, 5) is 24.3. The van der Waals surface area contributed by atoms with Crippen LogP contribution in [0.2, 0.25) is 5.15 Å². The molecule has 0 saturated heterocycles. The Morgan fingerprint density at radius 1 is 1.25 bits per heavy atom. The molecule has 7 heteroatoms. The van der Waals surface area contributed by atoms with Crippen molar-refractivity contribution in [3.63, 3.8) is 0 Å². The highest BCUT2D eigenvalue weighted by atomic mass is 35.5. The Morgan fingerprint density at radius 3 is 2.36 bits per heavy atom. The van der Waals surface area contributed by atoms with E-state index in [-0.39, 0.29) is 5.41 Å². The van der Waals surface area contributed by atoms with Crippen LogP contribution in [0.5, 0.6) is 0 Å². The van der Waals surface area contributed by atoms with Gasteiger partial charge in [-0.05, 0) is 43.0 Å². The SMILES string of the molecule is Cc1nn(C)c(Cl)c1/C=C/C(=O)OC(C)C(=O)Nc1ccc(C(C)(C)C)cc1. The first-order valence-corrected chi connectivity index (χ1v) is 9.36. The maximum absolute atomic E-state index is 12.3. The molecule has 0 aliphatic heterocycles.